The van der Waals surface area contributed by atoms with E-state index >= 15 is 0 Å². The van der Waals surface area contributed by atoms with Crippen molar-refractivity contribution in [1.29, 1.82) is 0 Å². The van der Waals surface area contributed by atoms with Crippen molar-refractivity contribution in [2.45, 2.75) is 30.0 Å². The smallest absolute Gasteiger partial charge is 0.252 e. The van der Waals surface area contributed by atoms with Gasteiger partial charge in [0.1, 0.15) is 4.21 Å². The fourth-order valence-corrected chi connectivity index (χ4v) is 6.72. The average molecular weight is 349 g/mol. The van der Waals surface area contributed by atoms with Crippen LogP contribution in [0.5, 0.6) is 0 Å². The molecule has 0 aromatic carbocycles. The van der Waals surface area contributed by atoms with Crippen LogP contribution >= 0.6 is 23.1 Å². The van der Waals surface area contributed by atoms with E-state index in [0.29, 0.717) is 10.8 Å². The Labute approximate surface area is 136 Å². The Kier molecular flexibility index (Phi) is 6.14. The number of thioether (sulfide) groups is 1. The predicted molar refractivity (Wildman–Crippen MR) is 91.9 cm³/mol. The van der Waals surface area contributed by atoms with Gasteiger partial charge in [0.2, 0.25) is 0 Å². The summed E-state index contributed by atoms with van der Waals surface area (Å²) < 4.78 is 28.2. The summed E-state index contributed by atoms with van der Waals surface area (Å²) in [6.07, 6.45) is 1.82. The highest BCUT2D eigenvalue weighted by atomic mass is 32.2. The number of nitrogens with zero attached hydrogens (tertiary/aromatic N) is 2. The summed E-state index contributed by atoms with van der Waals surface area (Å²) in [6, 6.07) is 3.76. The second-order valence-electron chi connectivity index (χ2n) is 5.53. The molecule has 0 aliphatic carbocycles. The van der Waals surface area contributed by atoms with Crippen LogP contribution in [0.25, 0.3) is 0 Å². The number of hydrogen-bond acceptors (Lipinski definition) is 5. The van der Waals surface area contributed by atoms with Crippen LogP contribution in [0.2, 0.25) is 0 Å². The Morgan fingerprint density at radius 2 is 2.14 bits per heavy atom. The van der Waals surface area contributed by atoms with Gasteiger partial charge >= 0.3 is 0 Å². The minimum absolute atomic E-state index is 0.0599. The third kappa shape index (κ3) is 4.22. The molecule has 1 atom stereocenters. The van der Waals surface area contributed by atoms with E-state index < -0.39 is 10.0 Å². The van der Waals surface area contributed by atoms with Gasteiger partial charge in [-0.3, -0.25) is 0 Å². The van der Waals surface area contributed by atoms with Gasteiger partial charge in [-0.2, -0.15) is 16.1 Å². The molecule has 1 fully saturated rings. The van der Waals surface area contributed by atoms with Gasteiger partial charge in [-0.15, -0.1) is 11.3 Å². The summed E-state index contributed by atoms with van der Waals surface area (Å²) in [6.45, 7) is 3.46. The maximum Gasteiger partial charge on any atom is 0.252 e. The largest absolute Gasteiger partial charge is 0.308 e. The van der Waals surface area contributed by atoms with Crippen molar-refractivity contribution in [3.8, 4) is 0 Å². The quantitative estimate of drug-likeness (QED) is 0.819. The van der Waals surface area contributed by atoms with E-state index in [9.17, 15) is 8.42 Å². The fourth-order valence-electron chi connectivity index (χ4n) is 2.49. The van der Waals surface area contributed by atoms with E-state index in [2.05, 4.69) is 11.8 Å². The number of sulfonamides is 1. The minimum Gasteiger partial charge on any atom is -0.308 e. The van der Waals surface area contributed by atoms with Crippen molar-refractivity contribution >= 4 is 33.1 Å². The molecule has 0 amide bonds. The van der Waals surface area contributed by atoms with E-state index in [1.165, 1.54) is 11.3 Å². The molecule has 1 aromatic rings. The topological polar surface area (TPSA) is 40.6 Å². The zero-order valence-electron chi connectivity index (χ0n) is 12.9. The molecular formula is C14H24N2O2S3. The van der Waals surface area contributed by atoms with Gasteiger partial charge in [0, 0.05) is 29.8 Å². The summed E-state index contributed by atoms with van der Waals surface area (Å²) in [4.78, 5) is 3.20. The minimum atomic E-state index is -3.36. The van der Waals surface area contributed by atoms with Crippen molar-refractivity contribution in [1.82, 2.24) is 9.21 Å². The molecular weight excluding hydrogens is 324 g/mol. The van der Waals surface area contributed by atoms with Crippen LogP contribution in [0.1, 0.15) is 18.2 Å². The lowest BCUT2D eigenvalue weighted by Crippen LogP contribution is -2.46. The number of hydrogen-bond donors (Lipinski definition) is 0. The zero-order chi connectivity index (χ0) is 15.5. The van der Waals surface area contributed by atoms with Crippen molar-refractivity contribution in [2.24, 2.45) is 0 Å². The molecule has 21 heavy (non-hydrogen) atoms. The lowest BCUT2D eigenvalue weighted by atomic mass is 10.3. The molecule has 4 nitrogen and oxygen atoms in total. The maximum atomic E-state index is 13.0. The van der Waals surface area contributed by atoms with Crippen molar-refractivity contribution in [2.75, 3.05) is 38.7 Å². The van der Waals surface area contributed by atoms with E-state index in [0.717, 1.165) is 35.8 Å². The van der Waals surface area contributed by atoms with Gasteiger partial charge in [0.05, 0.1) is 0 Å². The normalized spacial score (nSPS) is 21.6. The molecule has 1 aliphatic heterocycles. The summed E-state index contributed by atoms with van der Waals surface area (Å²) >= 11 is 3.27. The summed E-state index contributed by atoms with van der Waals surface area (Å²) in [5.41, 5.74) is 0. The zero-order valence-corrected chi connectivity index (χ0v) is 15.4. The van der Waals surface area contributed by atoms with E-state index in [-0.39, 0.29) is 6.04 Å². The van der Waals surface area contributed by atoms with Crippen LogP contribution in [-0.2, 0) is 16.4 Å². The maximum absolute atomic E-state index is 13.0. The first-order chi connectivity index (χ1) is 9.95. The number of likely N-dealkylation sites (N-methyl/N-ethyl adjacent to an activating group) is 1. The molecule has 120 valence electrons. The van der Waals surface area contributed by atoms with Crippen LogP contribution in [0.15, 0.2) is 16.3 Å². The standard InChI is InChI=1S/C14H24N2O2S3/c1-4-13-6-7-14(20-13)21(17,18)16-8-5-9-19-11-12(16)10-15(2)3/h6-7,12H,4-5,8-11H2,1-3H3/t12-/m1/s1. The van der Waals surface area contributed by atoms with Crippen LogP contribution in [0, 0.1) is 0 Å². The summed E-state index contributed by atoms with van der Waals surface area (Å²) in [5.74, 6) is 1.92. The highest BCUT2D eigenvalue weighted by molar-refractivity contribution is 7.99. The first kappa shape index (κ1) is 17.3. The third-order valence-electron chi connectivity index (χ3n) is 3.51. The highest BCUT2D eigenvalue weighted by Gasteiger charge is 2.33. The Morgan fingerprint density at radius 1 is 1.38 bits per heavy atom. The second-order valence-corrected chi connectivity index (χ2v) is 9.97. The lowest BCUT2D eigenvalue weighted by Gasteiger charge is -2.30. The van der Waals surface area contributed by atoms with Crippen LogP contribution in [0.3, 0.4) is 0 Å². The number of rotatable bonds is 5. The van der Waals surface area contributed by atoms with Crippen LogP contribution in [0.4, 0.5) is 0 Å². The first-order valence-electron chi connectivity index (χ1n) is 7.28. The Morgan fingerprint density at radius 3 is 2.76 bits per heavy atom. The molecule has 0 radical (unpaired) electrons. The molecule has 0 N–H and O–H groups in total. The fraction of sp³-hybridized carbons (Fsp3) is 0.714. The Bertz CT molecular complexity index is 554. The van der Waals surface area contributed by atoms with Gasteiger partial charge in [-0.25, -0.2) is 8.42 Å². The van der Waals surface area contributed by atoms with Gasteiger partial charge in [-0.1, -0.05) is 6.92 Å². The number of thiophene rings is 1. The van der Waals surface area contributed by atoms with Gasteiger partial charge < -0.3 is 4.90 Å². The van der Waals surface area contributed by atoms with Crippen LogP contribution < -0.4 is 0 Å². The molecule has 0 bridgehead atoms. The molecule has 0 unspecified atom stereocenters. The molecule has 2 rings (SSSR count). The van der Waals surface area contributed by atoms with E-state index in [1.54, 1.807) is 10.4 Å². The predicted octanol–water partition coefficient (Wildman–Crippen LogP) is 2.37. The molecule has 0 spiro atoms. The van der Waals surface area contributed by atoms with Gasteiger partial charge in [0.15, 0.2) is 0 Å². The summed E-state index contributed by atoms with van der Waals surface area (Å²) in [5, 5.41) is 0. The molecule has 1 aliphatic rings. The Balaban J connectivity index is 2.29. The SMILES string of the molecule is CCc1ccc(S(=O)(=O)N2CCCSC[C@H]2CN(C)C)s1. The van der Waals surface area contributed by atoms with Crippen molar-refractivity contribution in [3.63, 3.8) is 0 Å². The third-order valence-corrected chi connectivity index (χ3v) is 8.36. The lowest BCUT2D eigenvalue weighted by molar-refractivity contribution is 0.271. The highest BCUT2D eigenvalue weighted by Crippen LogP contribution is 2.29. The summed E-state index contributed by atoms with van der Waals surface area (Å²) in [7, 11) is 0.644. The molecule has 1 saturated heterocycles. The van der Waals surface area contributed by atoms with Gasteiger partial charge in [-0.05, 0) is 44.8 Å². The van der Waals surface area contributed by atoms with Crippen LogP contribution in [-0.4, -0.2) is 62.4 Å². The van der Waals surface area contributed by atoms with Crippen molar-refractivity contribution in [3.05, 3.63) is 17.0 Å². The van der Waals surface area contributed by atoms with E-state index in [1.807, 2.05) is 31.9 Å². The monoisotopic (exact) mass is 348 g/mol. The number of aryl methyl sites for hydroxylation is 1. The molecule has 1 aromatic heterocycles. The van der Waals surface area contributed by atoms with Crippen molar-refractivity contribution < 1.29 is 8.42 Å². The first-order valence-corrected chi connectivity index (χ1v) is 10.7. The molecule has 2 heterocycles. The average Bonchev–Trinajstić information content (AvgIpc) is 2.80. The Hall–Kier alpha value is -0.0800. The molecule has 0 saturated carbocycles. The molecule has 7 heteroatoms. The van der Waals surface area contributed by atoms with E-state index in [4.69, 9.17) is 0 Å². The second kappa shape index (κ2) is 7.46. The van der Waals surface area contributed by atoms with Gasteiger partial charge in [0.25, 0.3) is 10.0 Å².